The molecule has 7 heteroatoms. The molecule has 2 aromatic rings. The lowest BCUT2D eigenvalue weighted by molar-refractivity contribution is -0.146. The third-order valence-corrected chi connectivity index (χ3v) is 3.39. The smallest absolute Gasteiger partial charge is 0.310 e. The van der Waals surface area contributed by atoms with Crippen LogP contribution < -0.4 is 0 Å². The number of hydrogen-bond donors (Lipinski definition) is 0. The normalized spacial score (nSPS) is 20.3. The summed E-state index contributed by atoms with van der Waals surface area (Å²) in [6.45, 7) is 1.53. The summed E-state index contributed by atoms with van der Waals surface area (Å²) in [5.74, 6) is -2.40. The maximum Gasteiger partial charge on any atom is 0.310 e. The summed E-state index contributed by atoms with van der Waals surface area (Å²) >= 11 is 0. The van der Waals surface area contributed by atoms with E-state index < -0.39 is 23.5 Å². The highest BCUT2D eigenvalue weighted by molar-refractivity contribution is 5.77. The molecule has 1 fully saturated rings. The van der Waals surface area contributed by atoms with E-state index in [1.165, 1.54) is 12.1 Å². The molecule has 2 unspecified atom stereocenters. The first kappa shape index (κ1) is 13.7. The minimum Gasteiger partial charge on any atom is -0.457 e. The molecule has 0 spiro atoms. The number of carbonyl (C=O) groups excluding carboxylic acids is 1. The zero-order chi connectivity index (χ0) is 15.0. The second-order valence-corrected chi connectivity index (χ2v) is 4.93. The Morgan fingerprint density at radius 2 is 2.29 bits per heavy atom. The molecular weight excluding hydrogens is 282 g/mol. The predicted molar refractivity (Wildman–Crippen MR) is 66.0 cm³/mol. The molecule has 3 rings (SSSR count). The third kappa shape index (κ3) is 2.76. The number of carbonyl (C=O) groups is 1. The Kier molecular flexibility index (Phi) is 3.40. The Labute approximate surface area is 118 Å². The molecule has 0 saturated heterocycles. The first-order chi connectivity index (χ1) is 10.1. The molecule has 110 valence electrons. The van der Waals surface area contributed by atoms with Gasteiger partial charge in [-0.1, -0.05) is 17.3 Å². The molecule has 1 aliphatic rings. The maximum atomic E-state index is 13.6. The van der Waals surface area contributed by atoms with Crippen LogP contribution in [0.1, 0.15) is 29.6 Å². The first-order valence-electron chi connectivity index (χ1n) is 6.46. The Balaban J connectivity index is 1.59. The third-order valence-electron chi connectivity index (χ3n) is 3.39. The van der Waals surface area contributed by atoms with Crippen molar-refractivity contribution in [2.24, 2.45) is 5.92 Å². The highest BCUT2D eigenvalue weighted by Crippen LogP contribution is 2.49. The van der Waals surface area contributed by atoms with Crippen LogP contribution in [0, 0.1) is 24.5 Å². The van der Waals surface area contributed by atoms with Crippen LogP contribution in [0.15, 0.2) is 22.7 Å². The number of aromatic nitrogens is 2. The van der Waals surface area contributed by atoms with Crippen LogP contribution in [0.2, 0.25) is 0 Å². The van der Waals surface area contributed by atoms with Crippen LogP contribution in [0.3, 0.4) is 0 Å². The van der Waals surface area contributed by atoms with E-state index in [2.05, 4.69) is 10.1 Å². The summed E-state index contributed by atoms with van der Waals surface area (Å²) in [5.41, 5.74) is 0.215. The topological polar surface area (TPSA) is 65.2 Å². The molecule has 0 amide bonds. The van der Waals surface area contributed by atoms with Crippen molar-refractivity contribution in [3.63, 3.8) is 0 Å². The monoisotopic (exact) mass is 294 g/mol. The Hall–Kier alpha value is -2.31. The van der Waals surface area contributed by atoms with Crippen molar-refractivity contribution in [1.29, 1.82) is 0 Å². The Bertz CT molecular complexity index is 687. The molecular formula is C14H12F2N2O3. The number of nitrogens with zero attached hydrogens (tertiary/aromatic N) is 2. The predicted octanol–water partition coefficient (Wildman–Crippen LogP) is 2.50. The van der Waals surface area contributed by atoms with Crippen LogP contribution in [0.5, 0.6) is 0 Å². The Morgan fingerprint density at radius 3 is 3.00 bits per heavy atom. The molecule has 1 aromatic carbocycles. The quantitative estimate of drug-likeness (QED) is 0.811. The van der Waals surface area contributed by atoms with Gasteiger partial charge in [0.15, 0.2) is 18.2 Å². The number of hydrogen-bond acceptors (Lipinski definition) is 5. The number of benzene rings is 1. The molecule has 5 nitrogen and oxygen atoms in total. The van der Waals surface area contributed by atoms with Gasteiger partial charge in [-0.2, -0.15) is 4.98 Å². The van der Waals surface area contributed by atoms with Crippen molar-refractivity contribution in [1.82, 2.24) is 10.1 Å². The minimum absolute atomic E-state index is 0.0922. The van der Waals surface area contributed by atoms with E-state index in [-0.39, 0.29) is 23.9 Å². The summed E-state index contributed by atoms with van der Waals surface area (Å²) in [7, 11) is 0. The number of esters is 1. The SMILES string of the molecule is Cc1nc(COC(=O)C2CC2c2cccc(F)c2F)no1. The second kappa shape index (κ2) is 5.23. The van der Waals surface area contributed by atoms with Crippen molar-refractivity contribution >= 4 is 5.97 Å². The summed E-state index contributed by atoms with van der Waals surface area (Å²) in [6.07, 6.45) is 0.449. The fourth-order valence-corrected chi connectivity index (χ4v) is 2.25. The van der Waals surface area contributed by atoms with Gasteiger partial charge in [0.1, 0.15) is 0 Å². The standard InChI is InChI=1S/C14H12F2N2O3/c1-7-17-12(18-21-7)6-20-14(19)10-5-9(10)8-3-2-4-11(15)13(8)16/h2-4,9-10H,5-6H2,1H3. The van der Waals surface area contributed by atoms with Gasteiger partial charge < -0.3 is 9.26 Å². The summed E-state index contributed by atoms with van der Waals surface area (Å²) in [6, 6.07) is 3.96. The highest BCUT2D eigenvalue weighted by atomic mass is 19.2. The van der Waals surface area contributed by atoms with Gasteiger partial charge in [0.25, 0.3) is 0 Å². The first-order valence-corrected chi connectivity index (χ1v) is 6.46. The molecule has 0 bridgehead atoms. The second-order valence-electron chi connectivity index (χ2n) is 4.93. The lowest BCUT2D eigenvalue weighted by atomic mass is 10.1. The molecule has 2 atom stereocenters. The van der Waals surface area contributed by atoms with Gasteiger partial charge in [0.2, 0.25) is 11.7 Å². The Morgan fingerprint density at radius 1 is 1.48 bits per heavy atom. The van der Waals surface area contributed by atoms with E-state index in [1.807, 2.05) is 0 Å². The van der Waals surface area contributed by atoms with Crippen LogP contribution >= 0.6 is 0 Å². The van der Waals surface area contributed by atoms with Crippen molar-refractivity contribution in [2.45, 2.75) is 25.9 Å². The van der Waals surface area contributed by atoms with Gasteiger partial charge in [-0.15, -0.1) is 0 Å². The summed E-state index contributed by atoms with van der Waals surface area (Å²) in [5, 5.41) is 3.60. The van der Waals surface area contributed by atoms with Gasteiger partial charge in [0, 0.05) is 12.8 Å². The fourth-order valence-electron chi connectivity index (χ4n) is 2.25. The highest BCUT2D eigenvalue weighted by Gasteiger charge is 2.46. The van der Waals surface area contributed by atoms with Crippen LogP contribution in [0.25, 0.3) is 0 Å². The fraction of sp³-hybridized carbons (Fsp3) is 0.357. The average Bonchev–Trinajstić information content (AvgIpc) is 3.15. The molecule has 0 radical (unpaired) electrons. The maximum absolute atomic E-state index is 13.6. The average molecular weight is 294 g/mol. The van der Waals surface area contributed by atoms with E-state index in [1.54, 1.807) is 6.92 Å². The van der Waals surface area contributed by atoms with Crippen molar-refractivity contribution in [3.8, 4) is 0 Å². The molecule has 1 aliphatic carbocycles. The molecule has 1 saturated carbocycles. The van der Waals surface area contributed by atoms with Crippen molar-refractivity contribution in [2.75, 3.05) is 0 Å². The zero-order valence-corrected chi connectivity index (χ0v) is 11.2. The van der Waals surface area contributed by atoms with Gasteiger partial charge in [-0.25, -0.2) is 8.78 Å². The van der Waals surface area contributed by atoms with Crippen LogP contribution in [0.4, 0.5) is 8.78 Å². The lowest BCUT2D eigenvalue weighted by Crippen LogP contribution is -2.09. The number of ether oxygens (including phenoxy) is 1. The van der Waals surface area contributed by atoms with E-state index in [0.29, 0.717) is 12.3 Å². The van der Waals surface area contributed by atoms with Gasteiger partial charge in [0.05, 0.1) is 5.92 Å². The van der Waals surface area contributed by atoms with Gasteiger partial charge in [-0.3, -0.25) is 4.79 Å². The zero-order valence-electron chi connectivity index (χ0n) is 11.2. The van der Waals surface area contributed by atoms with Crippen molar-refractivity contribution < 1.29 is 22.8 Å². The number of halogens is 2. The van der Waals surface area contributed by atoms with E-state index in [0.717, 1.165) is 6.07 Å². The van der Waals surface area contributed by atoms with Crippen LogP contribution in [-0.4, -0.2) is 16.1 Å². The molecule has 1 heterocycles. The molecule has 0 N–H and O–H groups in total. The number of rotatable bonds is 4. The van der Waals surface area contributed by atoms with Crippen molar-refractivity contribution in [3.05, 3.63) is 47.1 Å². The minimum atomic E-state index is -0.909. The van der Waals surface area contributed by atoms with E-state index >= 15 is 0 Å². The largest absolute Gasteiger partial charge is 0.457 e. The lowest BCUT2D eigenvalue weighted by Gasteiger charge is -2.03. The molecule has 21 heavy (non-hydrogen) atoms. The van der Waals surface area contributed by atoms with Crippen LogP contribution in [-0.2, 0) is 16.1 Å². The van der Waals surface area contributed by atoms with Gasteiger partial charge >= 0.3 is 5.97 Å². The molecule has 0 aliphatic heterocycles. The summed E-state index contributed by atoms with van der Waals surface area (Å²) in [4.78, 5) is 15.7. The van der Waals surface area contributed by atoms with E-state index in [4.69, 9.17) is 9.26 Å². The van der Waals surface area contributed by atoms with E-state index in [9.17, 15) is 13.6 Å². The number of aryl methyl sites for hydroxylation is 1. The van der Waals surface area contributed by atoms with Gasteiger partial charge in [-0.05, 0) is 18.1 Å². The molecule has 1 aromatic heterocycles. The summed E-state index contributed by atoms with van der Waals surface area (Å²) < 4.78 is 36.6.